The minimum Gasteiger partial charge on any atom is -0.393 e. The van der Waals surface area contributed by atoms with Crippen LogP contribution in [0.3, 0.4) is 0 Å². The average Bonchev–Trinajstić information content (AvgIpc) is 2.14. The lowest BCUT2D eigenvalue weighted by atomic mass is 9.93. The zero-order valence-corrected chi connectivity index (χ0v) is 9.20. The predicted molar refractivity (Wildman–Crippen MR) is 58.1 cm³/mol. The van der Waals surface area contributed by atoms with Gasteiger partial charge in [0.05, 0.1) is 6.10 Å². The van der Waals surface area contributed by atoms with Crippen LogP contribution in [-0.2, 0) is 6.42 Å². The van der Waals surface area contributed by atoms with Crippen molar-refractivity contribution in [3.8, 4) is 0 Å². The Morgan fingerprint density at radius 1 is 1.43 bits per heavy atom. The van der Waals surface area contributed by atoms with Crippen LogP contribution >= 0.6 is 0 Å². The molecule has 0 aliphatic carbocycles. The van der Waals surface area contributed by atoms with E-state index in [1.807, 2.05) is 26.2 Å². The van der Waals surface area contributed by atoms with Crippen molar-refractivity contribution < 1.29 is 5.11 Å². The third-order valence-corrected chi connectivity index (χ3v) is 2.64. The van der Waals surface area contributed by atoms with Gasteiger partial charge in [-0.05, 0) is 37.3 Å². The lowest BCUT2D eigenvalue weighted by Crippen LogP contribution is -2.18. The molecule has 0 spiro atoms. The Labute approximate surface area is 86.0 Å². The third-order valence-electron chi connectivity index (χ3n) is 2.64. The van der Waals surface area contributed by atoms with Gasteiger partial charge in [0, 0.05) is 12.4 Å². The molecule has 1 rings (SSSR count). The van der Waals surface area contributed by atoms with Gasteiger partial charge in [-0.2, -0.15) is 0 Å². The molecular formula is C12H19NO. The second-order valence-electron chi connectivity index (χ2n) is 3.98. The number of hydrogen-bond donors (Lipinski definition) is 1. The van der Waals surface area contributed by atoms with E-state index < -0.39 is 0 Å². The molecule has 0 saturated carbocycles. The van der Waals surface area contributed by atoms with Crippen molar-refractivity contribution in [1.29, 1.82) is 0 Å². The summed E-state index contributed by atoms with van der Waals surface area (Å²) in [6.07, 6.45) is 5.43. The van der Waals surface area contributed by atoms with Gasteiger partial charge in [-0.1, -0.05) is 19.4 Å². The van der Waals surface area contributed by atoms with Crippen molar-refractivity contribution in [3.05, 3.63) is 29.6 Å². The van der Waals surface area contributed by atoms with Crippen LogP contribution in [0, 0.1) is 12.8 Å². The number of aliphatic hydroxyl groups is 1. The van der Waals surface area contributed by atoms with E-state index in [0.29, 0.717) is 5.92 Å². The molecule has 0 amide bonds. The van der Waals surface area contributed by atoms with E-state index in [9.17, 15) is 5.11 Å². The molecule has 14 heavy (non-hydrogen) atoms. The van der Waals surface area contributed by atoms with Crippen LogP contribution in [-0.4, -0.2) is 16.2 Å². The minimum atomic E-state index is -0.236. The third kappa shape index (κ3) is 3.11. The standard InChI is InChI=1S/C12H19NO/c1-4-12(10(3)14)6-11-5-9(2)7-13-8-11/h5,7-8,10,12,14H,4,6H2,1-3H3. The molecule has 2 nitrogen and oxygen atoms in total. The molecule has 1 N–H and O–H groups in total. The maximum absolute atomic E-state index is 9.52. The maximum atomic E-state index is 9.52. The van der Waals surface area contributed by atoms with Crippen LogP contribution in [0.4, 0.5) is 0 Å². The maximum Gasteiger partial charge on any atom is 0.0543 e. The van der Waals surface area contributed by atoms with E-state index >= 15 is 0 Å². The molecule has 2 heteroatoms. The van der Waals surface area contributed by atoms with Gasteiger partial charge in [0.2, 0.25) is 0 Å². The Bertz CT molecular complexity index is 283. The van der Waals surface area contributed by atoms with Gasteiger partial charge in [0.15, 0.2) is 0 Å². The van der Waals surface area contributed by atoms with Crippen LogP contribution in [0.5, 0.6) is 0 Å². The topological polar surface area (TPSA) is 33.1 Å². The van der Waals surface area contributed by atoms with E-state index in [0.717, 1.165) is 12.8 Å². The number of pyridine rings is 1. The van der Waals surface area contributed by atoms with Crippen molar-refractivity contribution in [1.82, 2.24) is 4.98 Å². The van der Waals surface area contributed by atoms with Crippen LogP contribution in [0.1, 0.15) is 31.4 Å². The summed E-state index contributed by atoms with van der Waals surface area (Å²) < 4.78 is 0. The molecule has 0 saturated heterocycles. The molecule has 1 aromatic heterocycles. The molecule has 0 bridgehead atoms. The van der Waals surface area contributed by atoms with Crippen molar-refractivity contribution in [2.75, 3.05) is 0 Å². The summed E-state index contributed by atoms with van der Waals surface area (Å²) in [5.41, 5.74) is 2.40. The molecule has 78 valence electrons. The summed E-state index contributed by atoms with van der Waals surface area (Å²) in [4.78, 5) is 4.15. The highest BCUT2D eigenvalue weighted by Gasteiger charge is 2.13. The van der Waals surface area contributed by atoms with Crippen molar-refractivity contribution >= 4 is 0 Å². The first-order valence-corrected chi connectivity index (χ1v) is 5.22. The fourth-order valence-corrected chi connectivity index (χ4v) is 1.69. The molecule has 1 aromatic rings. The van der Waals surface area contributed by atoms with Crippen LogP contribution < -0.4 is 0 Å². The van der Waals surface area contributed by atoms with Gasteiger partial charge >= 0.3 is 0 Å². The number of rotatable bonds is 4. The molecule has 2 unspecified atom stereocenters. The van der Waals surface area contributed by atoms with Gasteiger partial charge in [-0.25, -0.2) is 0 Å². The smallest absolute Gasteiger partial charge is 0.0543 e. The highest BCUT2D eigenvalue weighted by atomic mass is 16.3. The Kier molecular flexibility index (Phi) is 4.08. The first-order chi connectivity index (χ1) is 6.63. The Hall–Kier alpha value is -0.890. The predicted octanol–water partition coefficient (Wildman–Crippen LogP) is 2.34. The number of aliphatic hydroxyl groups excluding tert-OH is 1. The molecule has 2 atom stereocenters. The second kappa shape index (κ2) is 5.11. The molecule has 0 aliphatic heterocycles. The lowest BCUT2D eigenvalue weighted by Gasteiger charge is -2.17. The SMILES string of the molecule is CCC(Cc1cncc(C)c1)C(C)O. The minimum absolute atomic E-state index is 0.236. The number of nitrogens with zero attached hydrogens (tertiary/aromatic N) is 1. The van der Waals surface area contributed by atoms with E-state index in [1.54, 1.807) is 0 Å². The van der Waals surface area contributed by atoms with Crippen LogP contribution in [0.15, 0.2) is 18.5 Å². The largest absolute Gasteiger partial charge is 0.393 e. The second-order valence-corrected chi connectivity index (χ2v) is 3.98. The lowest BCUT2D eigenvalue weighted by molar-refractivity contribution is 0.123. The quantitative estimate of drug-likeness (QED) is 0.796. The molecule has 0 fully saturated rings. The highest BCUT2D eigenvalue weighted by molar-refractivity contribution is 5.17. The summed E-state index contributed by atoms with van der Waals surface area (Å²) >= 11 is 0. The van der Waals surface area contributed by atoms with Gasteiger partial charge < -0.3 is 5.11 Å². The Morgan fingerprint density at radius 2 is 2.14 bits per heavy atom. The average molecular weight is 193 g/mol. The number of hydrogen-bond acceptors (Lipinski definition) is 2. The highest BCUT2D eigenvalue weighted by Crippen LogP contribution is 2.15. The molecule has 0 aliphatic rings. The summed E-state index contributed by atoms with van der Waals surface area (Å²) in [6.45, 7) is 6.01. The van der Waals surface area contributed by atoms with Crippen LogP contribution in [0.25, 0.3) is 0 Å². The first kappa shape index (κ1) is 11.2. The van der Waals surface area contributed by atoms with Gasteiger partial charge in [0.1, 0.15) is 0 Å². The number of aryl methyl sites for hydroxylation is 1. The van der Waals surface area contributed by atoms with E-state index in [4.69, 9.17) is 0 Å². The zero-order valence-electron chi connectivity index (χ0n) is 9.20. The molecule has 1 heterocycles. The van der Waals surface area contributed by atoms with Crippen molar-refractivity contribution in [3.63, 3.8) is 0 Å². The summed E-state index contributed by atoms with van der Waals surface area (Å²) in [6, 6.07) is 2.14. The van der Waals surface area contributed by atoms with Crippen molar-refractivity contribution in [2.45, 2.75) is 39.7 Å². The molecular weight excluding hydrogens is 174 g/mol. The van der Waals surface area contributed by atoms with Crippen molar-refractivity contribution in [2.24, 2.45) is 5.92 Å². The first-order valence-electron chi connectivity index (χ1n) is 5.22. The zero-order chi connectivity index (χ0) is 10.6. The normalized spacial score (nSPS) is 15.1. The van der Waals surface area contributed by atoms with Gasteiger partial charge in [0.25, 0.3) is 0 Å². The molecule has 0 radical (unpaired) electrons. The summed E-state index contributed by atoms with van der Waals surface area (Å²) in [5.74, 6) is 0.346. The Balaban J connectivity index is 2.67. The number of aromatic nitrogens is 1. The summed E-state index contributed by atoms with van der Waals surface area (Å²) in [5, 5.41) is 9.52. The molecule has 0 aromatic carbocycles. The fraction of sp³-hybridized carbons (Fsp3) is 0.583. The van der Waals surface area contributed by atoms with Crippen LogP contribution in [0.2, 0.25) is 0 Å². The van der Waals surface area contributed by atoms with Gasteiger partial charge in [-0.3, -0.25) is 4.98 Å². The van der Waals surface area contributed by atoms with E-state index in [1.165, 1.54) is 11.1 Å². The Morgan fingerprint density at radius 3 is 2.64 bits per heavy atom. The van der Waals surface area contributed by atoms with E-state index in [2.05, 4.69) is 18.0 Å². The monoisotopic (exact) mass is 193 g/mol. The van der Waals surface area contributed by atoms with Gasteiger partial charge in [-0.15, -0.1) is 0 Å². The fourth-order valence-electron chi connectivity index (χ4n) is 1.69. The van der Waals surface area contributed by atoms with E-state index in [-0.39, 0.29) is 6.10 Å². The summed E-state index contributed by atoms with van der Waals surface area (Å²) in [7, 11) is 0.